The van der Waals surface area contributed by atoms with Crippen LogP contribution in [0.4, 0.5) is 0 Å². The van der Waals surface area contributed by atoms with Crippen LogP contribution in [0.3, 0.4) is 0 Å². The average molecular weight is 1430 g/mol. The largest absolute Gasteiger partial charge is 0.326 e. The van der Waals surface area contributed by atoms with E-state index in [-0.39, 0.29) is 77.8 Å². The third kappa shape index (κ3) is 51.6. The molecule has 0 N–H and O–H groups in total. The van der Waals surface area contributed by atoms with Gasteiger partial charge in [-0.05, 0) is 226 Å². The third-order valence-electron chi connectivity index (χ3n) is 14.8. The van der Waals surface area contributed by atoms with Gasteiger partial charge in [-0.2, -0.15) is 10.2 Å². The van der Waals surface area contributed by atoms with Gasteiger partial charge in [-0.3, -0.25) is 38.1 Å². The molecule has 3 aromatic rings. The Labute approximate surface area is 632 Å². The van der Waals surface area contributed by atoms with Crippen LogP contribution in [0.25, 0.3) is 12.2 Å². The highest BCUT2D eigenvalue weighted by molar-refractivity contribution is 6.00. The fourth-order valence-electron chi connectivity index (χ4n) is 7.74. The van der Waals surface area contributed by atoms with E-state index < -0.39 is 0 Å². The fourth-order valence-corrected chi connectivity index (χ4v) is 7.74. The zero-order valence-corrected chi connectivity index (χ0v) is 72.9. The van der Waals surface area contributed by atoms with E-state index in [4.69, 9.17) is 6.42 Å². The molecule has 3 aliphatic rings. The minimum Gasteiger partial charge on any atom is -0.326 e. The van der Waals surface area contributed by atoms with Crippen molar-refractivity contribution in [3.63, 3.8) is 0 Å². The Morgan fingerprint density at radius 1 is 0.553 bits per heavy atom. The minimum atomic E-state index is -0.248. The monoisotopic (exact) mass is 1430 g/mol. The Morgan fingerprint density at radius 2 is 0.981 bits per heavy atom. The molecule has 3 aromatic heterocycles. The Kier molecular flexibility index (Phi) is 46.6. The standard InChI is InChI=1S/2C10H16O.2C9H14N2.C9H14O.C9H16O.C8H14N2.C8H14O.C7H12O.C6H12.C6H10/c1-10(2,3)8-6-4-5-7-9(8)11;1-10(2,3)9(11)8-6-4-5-7-8;1-5-8-10-6-7-11(8)9(2,3)4;1-5-8-6-7-11(10-8)9(2,3)4;1-9(2,3)8(10)7-5-4-6-7;1-7(2)6-8(10)9(3,4)5;1-7-5-6-10(9-7)8(2,3)4;1-5-6-7(9)8(2,3)4;1-5-6(8)7(2,3)4;2*1-5-6(2,3)4/h5,7-8H,4,6H2,1-3H3;6H,4-5,7H2,1-3H3;2*5-7H,1H2,2-4H3;5H,4,6H2,1-3H3;6H,1-5H3;5-6H,1-4H3;5-6H,1-4H3;5H,1H2,2-4H3;5H,1H2,2-4H3;1H,2-4H3/b;;;;;;;6-5+;;;. The number of terminal acetylenes is 1. The summed E-state index contributed by atoms with van der Waals surface area (Å²) in [5.74, 6) is 5.21. The molecule has 12 nitrogen and oxygen atoms in total. The van der Waals surface area contributed by atoms with Gasteiger partial charge in [0, 0.05) is 68.7 Å². The van der Waals surface area contributed by atoms with E-state index in [2.05, 4.69) is 162 Å². The van der Waals surface area contributed by atoms with E-state index in [0.717, 1.165) is 78.9 Å². The second-order valence-corrected chi connectivity index (χ2v) is 37.7. The van der Waals surface area contributed by atoms with Crippen LogP contribution in [-0.2, 0) is 45.4 Å². The molecule has 0 bridgehead atoms. The lowest BCUT2D eigenvalue weighted by Gasteiger charge is -2.29. The third-order valence-corrected chi connectivity index (χ3v) is 14.8. The van der Waals surface area contributed by atoms with Crippen LogP contribution >= 0.6 is 0 Å². The summed E-state index contributed by atoms with van der Waals surface area (Å²) >= 11 is 0. The van der Waals surface area contributed by atoms with Crippen LogP contribution in [0.1, 0.15) is 311 Å². The van der Waals surface area contributed by atoms with Gasteiger partial charge in [-0.1, -0.05) is 201 Å². The van der Waals surface area contributed by atoms with Crippen molar-refractivity contribution in [3.8, 4) is 12.3 Å². The van der Waals surface area contributed by atoms with Crippen LogP contribution in [-0.4, -0.2) is 63.8 Å². The summed E-state index contributed by atoms with van der Waals surface area (Å²) in [6, 6.07) is 3.98. The maximum atomic E-state index is 11.6. The summed E-state index contributed by atoms with van der Waals surface area (Å²) < 4.78 is 6.01. The van der Waals surface area contributed by atoms with Gasteiger partial charge in [-0.15, -0.1) is 18.9 Å². The number of carbonyl (C=O) groups excluding carboxylic acids is 6. The smallest absolute Gasteiger partial charge is 0.163 e. The molecule has 0 amide bonds. The molecule has 0 saturated heterocycles. The molecule has 0 spiro atoms. The number of carbonyl (C=O) groups is 6. The zero-order chi connectivity index (χ0) is 82.5. The zero-order valence-electron chi connectivity index (χ0n) is 72.9. The summed E-state index contributed by atoms with van der Waals surface area (Å²) in [5.41, 5.74) is 4.92. The van der Waals surface area contributed by atoms with Gasteiger partial charge >= 0.3 is 0 Å². The summed E-state index contributed by atoms with van der Waals surface area (Å²) in [4.78, 5) is 71.4. The fraction of sp³-hybridized carbons (Fsp3) is 0.615. The van der Waals surface area contributed by atoms with Gasteiger partial charge in [0.25, 0.3) is 0 Å². The van der Waals surface area contributed by atoms with Crippen LogP contribution in [0.5, 0.6) is 0 Å². The maximum absolute atomic E-state index is 11.6. The minimum absolute atomic E-state index is 0.0694. The molecule has 0 saturated carbocycles. The molecule has 0 aromatic carbocycles. The number of aryl methyl sites for hydroxylation is 1. The first kappa shape index (κ1) is 104. The van der Waals surface area contributed by atoms with Crippen molar-refractivity contribution in [1.29, 1.82) is 0 Å². The normalized spacial score (nSPS) is 14.3. The molecule has 3 heterocycles. The van der Waals surface area contributed by atoms with Crippen molar-refractivity contribution >= 4 is 46.9 Å². The Hall–Kier alpha value is -7.13. The maximum Gasteiger partial charge on any atom is 0.163 e. The highest BCUT2D eigenvalue weighted by atomic mass is 16.1. The number of Topliss-reactive ketones (excluding diaryl/α,β-unsaturated/α-hetero) is 2. The average Bonchev–Trinajstić information content (AvgIpc) is 1.75. The number of hydrogen-bond donors (Lipinski definition) is 0. The molecular weight excluding hydrogens is 1270 g/mol. The summed E-state index contributed by atoms with van der Waals surface area (Å²) in [6.07, 6.45) is 40.0. The van der Waals surface area contributed by atoms with E-state index in [1.807, 2.05) is 211 Å². The first-order chi connectivity index (χ1) is 46.1. The van der Waals surface area contributed by atoms with Crippen molar-refractivity contribution in [3.05, 3.63) is 152 Å². The topological polar surface area (TPSA) is 156 Å². The van der Waals surface area contributed by atoms with Crippen molar-refractivity contribution in [2.24, 2.45) is 49.2 Å². The lowest BCUT2D eigenvalue weighted by Crippen LogP contribution is -2.28. The van der Waals surface area contributed by atoms with Gasteiger partial charge in [0.15, 0.2) is 34.7 Å². The number of nitrogens with zero attached hydrogens (tertiary/aromatic N) is 6. The number of aromatic nitrogens is 6. The van der Waals surface area contributed by atoms with Crippen LogP contribution in [0.15, 0.2) is 135 Å². The summed E-state index contributed by atoms with van der Waals surface area (Å²) in [6.45, 7) is 89.0. The quantitative estimate of drug-likeness (QED) is 0.128. The van der Waals surface area contributed by atoms with Gasteiger partial charge in [0.1, 0.15) is 5.82 Å². The number of ketones is 6. The Bertz CT molecular complexity index is 3300. The SMILES string of the molecule is C#CC(C)(C)C.C/C=C/C(=O)C(C)(C)C.C=CC(=O)C(C)(C)C.C=CC(C)(C)C.C=Cc1ccn(C(C)(C)C)n1.C=Cc1nccn1C(C)(C)C.CC(C)(C)C(=O)C1=CCC1.CC(C)(C)C(=O)C1=CCCC1.CC(C)(C)C1CCC=CC1=O.CC(C)=CC(=O)C(C)(C)C.Cc1ccn(C(C)(C)C)n1. The Balaban J connectivity index is -0.000000344. The lowest BCUT2D eigenvalue weighted by atomic mass is 9.74. The van der Waals surface area contributed by atoms with Crippen LogP contribution in [0.2, 0.25) is 0 Å². The second-order valence-electron chi connectivity index (χ2n) is 37.7. The van der Waals surface area contributed by atoms with E-state index in [0.29, 0.717) is 22.8 Å². The van der Waals surface area contributed by atoms with Crippen LogP contribution in [0, 0.1) is 68.5 Å². The van der Waals surface area contributed by atoms with E-state index in [9.17, 15) is 28.8 Å². The molecule has 0 radical (unpaired) electrons. The van der Waals surface area contributed by atoms with Crippen molar-refractivity contribution in [1.82, 2.24) is 29.1 Å². The first-order valence-electron chi connectivity index (χ1n) is 36.8. The second kappa shape index (κ2) is 46.0. The van der Waals surface area contributed by atoms with Crippen molar-refractivity contribution < 1.29 is 28.8 Å². The van der Waals surface area contributed by atoms with Gasteiger partial charge in [-0.25, -0.2) is 4.98 Å². The molecular formula is C91H152N6O6. The molecule has 0 aliphatic heterocycles. The summed E-state index contributed by atoms with van der Waals surface area (Å²) in [7, 11) is 0. The highest BCUT2D eigenvalue weighted by Crippen LogP contribution is 2.33. The van der Waals surface area contributed by atoms with Gasteiger partial charge in [0.2, 0.25) is 0 Å². The summed E-state index contributed by atoms with van der Waals surface area (Å²) in [5, 5.41) is 8.60. The van der Waals surface area contributed by atoms with Gasteiger partial charge in [0.05, 0.1) is 22.5 Å². The van der Waals surface area contributed by atoms with Crippen molar-refractivity contribution in [2.75, 3.05) is 0 Å². The van der Waals surface area contributed by atoms with E-state index in [1.54, 1.807) is 42.7 Å². The van der Waals surface area contributed by atoms with Crippen LogP contribution < -0.4 is 0 Å². The molecule has 1 atom stereocenters. The lowest BCUT2D eigenvalue weighted by molar-refractivity contribution is -0.123. The van der Waals surface area contributed by atoms with Gasteiger partial charge < -0.3 is 4.57 Å². The highest BCUT2D eigenvalue weighted by Gasteiger charge is 2.31. The number of imidazole rings is 1. The first-order valence-corrected chi connectivity index (χ1v) is 36.8. The molecule has 103 heavy (non-hydrogen) atoms. The van der Waals surface area contributed by atoms with E-state index >= 15 is 0 Å². The number of hydrogen-bond acceptors (Lipinski definition) is 9. The Morgan fingerprint density at radius 3 is 1.17 bits per heavy atom. The van der Waals surface area contributed by atoms with Crippen molar-refractivity contribution in [2.45, 2.75) is 318 Å². The number of rotatable bonds is 7. The predicted octanol–water partition coefficient (Wildman–Crippen LogP) is 24.5. The number of allylic oxidation sites excluding steroid dienone is 12. The molecule has 6 rings (SSSR count). The predicted molar refractivity (Wildman–Crippen MR) is 447 cm³/mol. The molecule has 1 unspecified atom stereocenters. The van der Waals surface area contributed by atoms with E-state index in [1.165, 1.54) is 6.08 Å². The molecule has 0 fully saturated rings. The molecule has 582 valence electrons. The molecule has 3 aliphatic carbocycles. The molecule has 12 heteroatoms.